The van der Waals surface area contributed by atoms with Gasteiger partial charge in [0, 0.05) is 15.6 Å². The Hall–Kier alpha value is -1.33. The van der Waals surface area contributed by atoms with Crippen molar-refractivity contribution >= 4 is 33.4 Å². The molecule has 6 heteroatoms. The maximum absolute atomic E-state index is 11.9. The second-order valence-electron chi connectivity index (χ2n) is 3.74. The maximum Gasteiger partial charge on any atom is 0.252 e. The lowest BCUT2D eigenvalue weighted by Crippen LogP contribution is -2.22. The molecule has 0 saturated heterocycles. The summed E-state index contributed by atoms with van der Waals surface area (Å²) in [5, 5.41) is 6.99. The largest absolute Gasteiger partial charge is 0.359 e. The van der Waals surface area contributed by atoms with Crippen LogP contribution in [-0.4, -0.2) is 11.1 Å². The number of amides is 1. The van der Waals surface area contributed by atoms with Crippen LogP contribution in [0.1, 0.15) is 21.8 Å². The molecule has 1 aromatic carbocycles. The van der Waals surface area contributed by atoms with Crippen LogP contribution in [0.15, 0.2) is 33.3 Å². The summed E-state index contributed by atoms with van der Waals surface area (Å²) in [6.45, 7) is 2.11. The third-order valence-electron chi connectivity index (χ3n) is 2.27. The van der Waals surface area contributed by atoms with Crippen LogP contribution in [0.25, 0.3) is 0 Å². The highest BCUT2D eigenvalue weighted by atomic mass is 79.9. The van der Waals surface area contributed by atoms with Gasteiger partial charge < -0.3 is 9.84 Å². The number of aryl methyl sites for hydroxylation is 1. The van der Waals surface area contributed by atoms with Crippen molar-refractivity contribution in [2.24, 2.45) is 0 Å². The van der Waals surface area contributed by atoms with E-state index in [9.17, 15) is 4.79 Å². The van der Waals surface area contributed by atoms with Gasteiger partial charge >= 0.3 is 0 Å². The Balaban J connectivity index is 2.05. The van der Waals surface area contributed by atoms with Gasteiger partial charge in [-0.25, -0.2) is 0 Å². The molecular weight excluding hydrogens is 320 g/mol. The standard InChI is InChI=1S/C12H10BrClN2O2/c1-7-4-9(18-16-7)6-15-12(17)10-5-8(14)2-3-11(10)13/h2-5H,6H2,1H3,(H,15,17). The number of hydrogen-bond acceptors (Lipinski definition) is 3. The number of carbonyl (C=O) groups is 1. The van der Waals surface area contributed by atoms with Gasteiger partial charge in [0.2, 0.25) is 0 Å². The first-order valence-corrected chi connectivity index (χ1v) is 6.39. The fraction of sp³-hybridized carbons (Fsp3) is 0.167. The predicted molar refractivity (Wildman–Crippen MR) is 71.6 cm³/mol. The molecule has 18 heavy (non-hydrogen) atoms. The van der Waals surface area contributed by atoms with E-state index in [4.69, 9.17) is 16.1 Å². The zero-order valence-corrected chi connectivity index (χ0v) is 11.9. The summed E-state index contributed by atoms with van der Waals surface area (Å²) in [5.41, 5.74) is 1.27. The van der Waals surface area contributed by atoms with Gasteiger partial charge in [-0.2, -0.15) is 0 Å². The molecule has 0 atom stereocenters. The minimum absolute atomic E-state index is 0.224. The lowest BCUT2D eigenvalue weighted by molar-refractivity contribution is 0.0946. The van der Waals surface area contributed by atoms with E-state index in [1.807, 2.05) is 6.92 Å². The molecule has 0 bridgehead atoms. The molecule has 0 radical (unpaired) electrons. The molecule has 0 spiro atoms. The average Bonchev–Trinajstić information content (AvgIpc) is 2.75. The molecule has 2 aromatic rings. The number of benzene rings is 1. The molecular formula is C12H10BrClN2O2. The van der Waals surface area contributed by atoms with E-state index in [-0.39, 0.29) is 5.91 Å². The van der Waals surface area contributed by atoms with Gasteiger partial charge in [0.05, 0.1) is 17.8 Å². The van der Waals surface area contributed by atoms with Crippen molar-refractivity contribution in [2.75, 3.05) is 0 Å². The van der Waals surface area contributed by atoms with Crippen LogP contribution < -0.4 is 5.32 Å². The van der Waals surface area contributed by atoms with Crippen molar-refractivity contribution in [3.63, 3.8) is 0 Å². The monoisotopic (exact) mass is 328 g/mol. The van der Waals surface area contributed by atoms with Crippen molar-refractivity contribution in [2.45, 2.75) is 13.5 Å². The summed E-state index contributed by atoms with van der Waals surface area (Å²) >= 11 is 9.16. The summed E-state index contributed by atoms with van der Waals surface area (Å²) in [4.78, 5) is 11.9. The zero-order chi connectivity index (χ0) is 13.1. The Kier molecular flexibility index (Phi) is 4.04. The number of nitrogens with zero attached hydrogens (tertiary/aromatic N) is 1. The van der Waals surface area contributed by atoms with Crippen LogP contribution in [-0.2, 0) is 6.54 Å². The van der Waals surface area contributed by atoms with Crippen molar-refractivity contribution in [3.8, 4) is 0 Å². The highest BCUT2D eigenvalue weighted by Gasteiger charge is 2.11. The van der Waals surface area contributed by atoms with Crippen molar-refractivity contribution in [1.82, 2.24) is 10.5 Å². The normalized spacial score (nSPS) is 10.4. The number of carbonyl (C=O) groups excluding carboxylic acids is 1. The Bertz CT molecular complexity index is 583. The molecule has 4 nitrogen and oxygen atoms in total. The van der Waals surface area contributed by atoms with E-state index in [0.717, 1.165) is 5.69 Å². The van der Waals surface area contributed by atoms with Gasteiger partial charge in [0.25, 0.3) is 5.91 Å². The van der Waals surface area contributed by atoms with Gasteiger partial charge in [-0.15, -0.1) is 0 Å². The highest BCUT2D eigenvalue weighted by Crippen LogP contribution is 2.21. The lowest BCUT2D eigenvalue weighted by atomic mass is 10.2. The van der Waals surface area contributed by atoms with Gasteiger partial charge in [0.1, 0.15) is 0 Å². The molecule has 0 fully saturated rings. The third kappa shape index (κ3) is 3.11. The summed E-state index contributed by atoms with van der Waals surface area (Å²) in [6, 6.07) is 6.82. The fourth-order valence-electron chi connectivity index (χ4n) is 1.43. The molecule has 1 amide bonds. The van der Waals surface area contributed by atoms with Gasteiger partial charge in [-0.1, -0.05) is 16.8 Å². The molecule has 1 heterocycles. The molecule has 0 unspecified atom stereocenters. The van der Waals surface area contributed by atoms with E-state index in [0.29, 0.717) is 27.4 Å². The Morgan fingerprint density at radius 1 is 1.50 bits per heavy atom. The van der Waals surface area contributed by atoms with E-state index in [1.54, 1.807) is 24.3 Å². The van der Waals surface area contributed by atoms with E-state index in [1.165, 1.54) is 0 Å². The summed E-state index contributed by atoms with van der Waals surface area (Å²) < 4.78 is 5.69. The Morgan fingerprint density at radius 3 is 2.94 bits per heavy atom. The Labute approximate surface area is 117 Å². The highest BCUT2D eigenvalue weighted by molar-refractivity contribution is 9.10. The van der Waals surface area contributed by atoms with Crippen LogP contribution in [0.4, 0.5) is 0 Å². The topological polar surface area (TPSA) is 55.1 Å². The second kappa shape index (κ2) is 5.54. The predicted octanol–water partition coefficient (Wildman–Crippen LogP) is 3.33. The minimum atomic E-state index is -0.224. The molecule has 0 aliphatic rings. The summed E-state index contributed by atoms with van der Waals surface area (Å²) in [7, 11) is 0. The first kappa shape index (κ1) is 13.1. The first-order valence-electron chi connectivity index (χ1n) is 5.21. The summed E-state index contributed by atoms with van der Waals surface area (Å²) in [5.74, 6) is 0.387. The number of hydrogen-bond donors (Lipinski definition) is 1. The molecule has 94 valence electrons. The van der Waals surface area contributed by atoms with Crippen molar-refractivity contribution in [3.05, 3.63) is 50.8 Å². The average molecular weight is 330 g/mol. The first-order chi connectivity index (χ1) is 8.56. The third-order valence-corrected chi connectivity index (χ3v) is 3.20. The number of rotatable bonds is 3. The molecule has 0 saturated carbocycles. The van der Waals surface area contributed by atoms with Crippen LogP contribution in [0.3, 0.4) is 0 Å². The lowest BCUT2D eigenvalue weighted by Gasteiger charge is -2.05. The SMILES string of the molecule is Cc1cc(CNC(=O)c2cc(Cl)ccc2Br)on1. The van der Waals surface area contributed by atoms with Gasteiger partial charge in [0.15, 0.2) is 5.76 Å². The molecule has 1 aromatic heterocycles. The van der Waals surface area contributed by atoms with Crippen LogP contribution in [0, 0.1) is 6.92 Å². The summed E-state index contributed by atoms with van der Waals surface area (Å²) in [6.07, 6.45) is 0. The van der Waals surface area contributed by atoms with Crippen molar-refractivity contribution < 1.29 is 9.32 Å². The minimum Gasteiger partial charge on any atom is -0.359 e. The maximum atomic E-state index is 11.9. The fourth-order valence-corrected chi connectivity index (χ4v) is 2.03. The Morgan fingerprint density at radius 2 is 2.28 bits per heavy atom. The van der Waals surface area contributed by atoms with Gasteiger partial charge in [-0.3, -0.25) is 4.79 Å². The second-order valence-corrected chi connectivity index (χ2v) is 5.03. The van der Waals surface area contributed by atoms with Gasteiger partial charge in [-0.05, 0) is 41.1 Å². The molecule has 0 aliphatic heterocycles. The smallest absolute Gasteiger partial charge is 0.252 e. The zero-order valence-electron chi connectivity index (χ0n) is 9.54. The molecule has 0 aliphatic carbocycles. The van der Waals surface area contributed by atoms with E-state index >= 15 is 0 Å². The number of aromatic nitrogens is 1. The molecule has 1 N–H and O–H groups in total. The van der Waals surface area contributed by atoms with E-state index < -0.39 is 0 Å². The number of halogens is 2. The van der Waals surface area contributed by atoms with E-state index in [2.05, 4.69) is 26.4 Å². The van der Waals surface area contributed by atoms with Crippen LogP contribution in [0.5, 0.6) is 0 Å². The number of nitrogens with one attached hydrogen (secondary N) is 1. The van der Waals surface area contributed by atoms with Crippen LogP contribution in [0.2, 0.25) is 5.02 Å². The van der Waals surface area contributed by atoms with Crippen molar-refractivity contribution in [1.29, 1.82) is 0 Å². The van der Waals surface area contributed by atoms with Crippen LogP contribution >= 0.6 is 27.5 Å². The quantitative estimate of drug-likeness (QED) is 0.939. The molecule has 2 rings (SSSR count).